The molecule has 0 unspecified atom stereocenters. The number of carbonyl (C=O) groups excluding carboxylic acids is 3. The van der Waals surface area contributed by atoms with Gasteiger partial charge >= 0.3 is 0 Å². The number of ether oxygens (including phenoxy) is 2. The van der Waals surface area contributed by atoms with E-state index in [-0.39, 0.29) is 31.5 Å². The molecule has 2 aromatic carbocycles. The van der Waals surface area contributed by atoms with E-state index in [1.165, 1.54) is 11.0 Å². The van der Waals surface area contributed by atoms with Gasteiger partial charge in [0.1, 0.15) is 11.4 Å². The molecule has 2 fully saturated rings. The van der Waals surface area contributed by atoms with Crippen LogP contribution >= 0.6 is 23.2 Å². The molecule has 3 aliphatic heterocycles. The standard InChI is InChI=1S/C24H20Cl2N2O5/c25-15-6-7-17(16(26)10-15)32-12-19(29)27-13-24-9-8-18(33-24)20-21(24)23(31)28(22(20)30)11-14-4-2-1-3-5-14/h1-10,18,20-21H,11-13H2,(H,27,29)/t18-,20-,21-,24+/m0/s1. The monoisotopic (exact) mass is 486 g/mol. The van der Waals surface area contributed by atoms with Gasteiger partial charge < -0.3 is 14.8 Å². The number of hydrogen-bond donors (Lipinski definition) is 1. The van der Waals surface area contributed by atoms with Crippen LogP contribution in [0.5, 0.6) is 5.75 Å². The highest BCUT2D eigenvalue weighted by atomic mass is 35.5. The van der Waals surface area contributed by atoms with Gasteiger partial charge in [-0.25, -0.2) is 0 Å². The Morgan fingerprint density at radius 1 is 1.12 bits per heavy atom. The molecule has 0 spiro atoms. The number of rotatable bonds is 7. The van der Waals surface area contributed by atoms with Crippen LogP contribution < -0.4 is 10.1 Å². The number of nitrogens with zero attached hydrogens (tertiary/aromatic N) is 1. The molecule has 3 amide bonds. The van der Waals surface area contributed by atoms with Crippen molar-refractivity contribution in [1.82, 2.24) is 10.2 Å². The molecule has 33 heavy (non-hydrogen) atoms. The summed E-state index contributed by atoms with van der Waals surface area (Å²) >= 11 is 11.9. The average molecular weight is 487 g/mol. The van der Waals surface area contributed by atoms with Crippen molar-refractivity contribution >= 4 is 40.9 Å². The number of carbonyl (C=O) groups is 3. The molecule has 0 aromatic heterocycles. The molecule has 0 aliphatic carbocycles. The van der Waals surface area contributed by atoms with Crippen molar-refractivity contribution in [2.75, 3.05) is 13.2 Å². The van der Waals surface area contributed by atoms with Crippen molar-refractivity contribution in [1.29, 1.82) is 0 Å². The second kappa shape index (κ2) is 8.48. The summed E-state index contributed by atoms with van der Waals surface area (Å²) < 4.78 is 11.5. The molecule has 2 aromatic rings. The maximum atomic E-state index is 13.2. The van der Waals surface area contributed by atoms with Crippen LogP contribution in [0.4, 0.5) is 0 Å². The van der Waals surface area contributed by atoms with Gasteiger partial charge in [0, 0.05) is 5.02 Å². The van der Waals surface area contributed by atoms with Crippen LogP contribution in [0.3, 0.4) is 0 Å². The highest BCUT2D eigenvalue weighted by Crippen LogP contribution is 2.51. The maximum Gasteiger partial charge on any atom is 0.258 e. The molecule has 2 saturated heterocycles. The van der Waals surface area contributed by atoms with Crippen LogP contribution in [0, 0.1) is 11.8 Å². The molecule has 3 heterocycles. The fourth-order valence-electron chi connectivity index (χ4n) is 4.71. The second-order valence-corrected chi connectivity index (χ2v) is 9.13. The number of hydrogen-bond acceptors (Lipinski definition) is 5. The average Bonchev–Trinajstić information content (AvgIpc) is 3.44. The third kappa shape index (κ3) is 3.90. The molecule has 3 aliphatic rings. The number of nitrogens with one attached hydrogen (secondary N) is 1. The lowest BCUT2D eigenvalue weighted by molar-refractivity contribution is -0.145. The van der Waals surface area contributed by atoms with Gasteiger partial charge in [-0.05, 0) is 23.8 Å². The lowest BCUT2D eigenvalue weighted by atomic mass is 9.77. The smallest absolute Gasteiger partial charge is 0.258 e. The van der Waals surface area contributed by atoms with Gasteiger partial charge in [-0.15, -0.1) is 0 Å². The van der Waals surface area contributed by atoms with Gasteiger partial charge in [-0.1, -0.05) is 65.7 Å². The molecule has 5 rings (SSSR count). The van der Waals surface area contributed by atoms with E-state index in [1.807, 2.05) is 30.3 Å². The van der Waals surface area contributed by atoms with Crippen LogP contribution in [-0.4, -0.2) is 47.5 Å². The molecule has 9 heteroatoms. The highest BCUT2D eigenvalue weighted by Gasteiger charge is 2.67. The molecule has 170 valence electrons. The number of imide groups is 1. The first-order valence-corrected chi connectivity index (χ1v) is 11.2. The second-order valence-electron chi connectivity index (χ2n) is 8.29. The van der Waals surface area contributed by atoms with E-state index in [0.29, 0.717) is 15.8 Å². The van der Waals surface area contributed by atoms with E-state index in [4.69, 9.17) is 32.7 Å². The fraction of sp³-hybridized carbons (Fsp3) is 0.292. The Labute approximate surface area is 200 Å². The van der Waals surface area contributed by atoms with Gasteiger partial charge in [0.15, 0.2) is 6.61 Å². The minimum atomic E-state index is -1.05. The Morgan fingerprint density at radius 2 is 1.91 bits per heavy atom. The van der Waals surface area contributed by atoms with Crippen molar-refractivity contribution in [2.24, 2.45) is 11.8 Å². The largest absolute Gasteiger partial charge is 0.482 e. The third-order valence-electron chi connectivity index (χ3n) is 6.24. The third-order valence-corrected chi connectivity index (χ3v) is 6.77. The fourth-order valence-corrected chi connectivity index (χ4v) is 5.17. The molecule has 0 saturated carbocycles. The summed E-state index contributed by atoms with van der Waals surface area (Å²) in [5.74, 6) is -1.84. The van der Waals surface area contributed by atoms with Gasteiger partial charge in [-0.3, -0.25) is 19.3 Å². The van der Waals surface area contributed by atoms with Gasteiger partial charge in [0.25, 0.3) is 5.91 Å². The van der Waals surface area contributed by atoms with E-state index in [1.54, 1.807) is 24.3 Å². The van der Waals surface area contributed by atoms with E-state index in [2.05, 4.69) is 5.32 Å². The van der Waals surface area contributed by atoms with Crippen molar-refractivity contribution in [3.05, 3.63) is 76.3 Å². The highest BCUT2D eigenvalue weighted by molar-refractivity contribution is 6.35. The van der Waals surface area contributed by atoms with Crippen LogP contribution in [-0.2, 0) is 25.7 Å². The summed E-state index contributed by atoms with van der Waals surface area (Å²) in [7, 11) is 0. The zero-order valence-electron chi connectivity index (χ0n) is 17.4. The molecule has 4 atom stereocenters. The summed E-state index contributed by atoms with van der Waals surface area (Å²) in [5.41, 5.74) is -0.179. The minimum Gasteiger partial charge on any atom is -0.482 e. The van der Waals surface area contributed by atoms with Crippen LogP contribution in [0.2, 0.25) is 10.0 Å². The topological polar surface area (TPSA) is 84.9 Å². The number of fused-ring (bicyclic) bond motifs is 5. The summed E-state index contributed by atoms with van der Waals surface area (Å²) in [6, 6.07) is 14.1. The molecule has 2 bridgehead atoms. The quantitative estimate of drug-likeness (QED) is 0.480. The summed E-state index contributed by atoms with van der Waals surface area (Å²) in [4.78, 5) is 40.0. The molecular formula is C24H20Cl2N2O5. The Morgan fingerprint density at radius 3 is 2.67 bits per heavy atom. The Hall–Kier alpha value is -2.87. The van der Waals surface area contributed by atoms with E-state index >= 15 is 0 Å². The number of benzene rings is 2. The Kier molecular flexibility index (Phi) is 5.64. The predicted octanol–water partition coefficient (Wildman–Crippen LogP) is 3.00. The van der Waals surface area contributed by atoms with Crippen LogP contribution in [0.25, 0.3) is 0 Å². The normalized spacial score (nSPS) is 27.2. The predicted molar refractivity (Wildman–Crippen MR) is 121 cm³/mol. The maximum absolute atomic E-state index is 13.2. The first kappa shape index (κ1) is 21.9. The SMILES string of the molecule is O=C(COc1ccc(Cl)cc1Cl)NC[C@@]12C=C[C@H](O1)[C@@H]1C(=O)N(Cc3ccccc3)C(=O)[C@H]12. The minimum absolute atomic E-state index is 0.0515. The number of halogens is 2. The molecule has 1 N–H and O–H groups in total. The van der Waals surface area contributed by atoms with E-state index in [0.717, 1.165) is 5.56 Å². The number of likely N-dealkylation sites (tertiary alicyclic amines) is 1. The lowest BCUT2D eigenvalue weighted by Crippen LogP contribution is -2.49. The van der Waals surface area contributed by atoms with Gasteiger partial charge in [-0.2, -0.15) is 0 Å². The first-order valence-electron chi connectivity index (χ1n) is 10.5. The van der Waals surface area contributed by atoms with Crippen molar-refractivity contribution < 1.29 is 23.9 Å². The van der Waals surface area contributed by atoms with Crippen molar-refractivity contribution in [3.8, 4) is 5.75 Å². The molecular weight excluding hydrogens is 467 g/mol. The summed E-state index contributed by atoms with van der Waals surface area (Å²) in [6.07, 6.45) is 3.11. The van der Waals surface area contributed by atoms with Crippen molar-refractivity contribution in [3.63, 3.8) is 0 Å². The van der Waals surface area contributed by atoms with Gasteiger partial charge in [0.2, 0.25) is 11.8 Å². The first-order chi connectivity index (χ1) is 15.9. The zero-order chi connectivity index (χ0) is 23.2. The van der Waals surface area contributed by atoms with Gasteiger partial charge in [0.05, 0.1) is 36.1 Å². The molecule has 7 nitrogen and oxygen atoms in total. The van der Waals surface area contributed by atoms with Crippen LogP contribution in [0.15, 0.2) is 60.7 Å². The lowest BCUT2D eigenvalue weighted by Gasteiger charge is -2.29. The van der Waals surface area contributed by atoms with Crippen molar-refractivity contribution in [2.45, 2.75) is 18.2 Å². The molecule has 0 radical (unpaired) electrons. The Balaban J connectivity index is 1.24. The zero-order valence-corrected chi connectivity index (χ0v) is 18.9. The number of amides is 3. The Bertz CT molecular complexity index is 1150. The summed E-state index contributed by atoms with van der Waals surface area (Å²) in [6.45, 7) is -0.00204. The van der Waals surface area contributed by atoms with E-state index in [9.17, 15) is 14.4 Å². The summed E-state index contributed by atoms with van der Waals surface area (Å²) in [5, 5.41) is 3.52. The van der Waals surface area contributed by atoms with E-state index < -0.39 is 29.4 Å². The van der Waals surface area contributed by atoms with Crippen LogP contribution in [0.1, 0.15) is 5.56 Å².